The second-order valence-electron chi connectivity index (χ2n) is 5.23. The summed E-state index contributed by atoms with van der Waals surface area (Å²) in [5.41, 5.74) is 2.70. The molecule has 2 aromatic rings. The topological polar surface area (TPSA) is 60.8 Å². The average Bonchev–Trinajstić information content (AvgIpc) is 2.72. The van der Waals surface area contributed by atoms with Crippen LogP contribution in [0.5, 0.6) is 11.5 Å². The number of para-hydroxylation sites is 1. The van der Waals surface area contributed by atoms with Gasteiger partial charge in [-0.05, 0) is 36.1 Å². The quantitative estimate of drug-likeness (QED) is 0.790. The van der Waals surface area contributed by atoms with Crippen LogP contribution in [0, 0.1) is 0 Å². The van der Waals surface area contributed by atoms with Gasteiger partial charge in [0.2, 0.25) is 0 Å². The van der Waals surface area contributed by atoms with Crippen LogP contribution < -0.4 is 0 Å². The maximum atomic E-state index is 12.5. The molecule has 0 radical (unpaired) electrons. The summed E-state index contributed by atoms with van der Waals surface area (Å²) < 4.78 is 0. The number of carbonyl (C=O) groups is 1. The van der Waals surface area contributed by atoms with Crippen LogP contribution in [0.3, 0.4) is 0 Å². The zero-order chi connectivity index (χ0) is 14.8. The first-order valence-corrected chi connectivity index (χ1v) is 7.04. The van der Waals surface area contributed by atoms with E-state index in [1.807, 2.05) is 12.1 Å². The second kappa shape index (κ2) is 5.48. The van der Waals surface area contributed by atoms with Crippen LogP contribution in [0.4, 0.5) is 0 Å². The van der Waals surface area contributed by atoms with Gasteiger partial charge >= 0.3 is 0 Å². The molecule has 0 unspecified atom stereocenters. The Hall–Kier alpha value is -2.49. The molecular weight excluding hydrogens is 266 g/mol. The molecule has 4 nitrogen and oxygen atoms in total. The Morgan fingerprint density at radius 2 is 1.52 bits per heavy atom. The lowest BCUT2D eigenvalue weighted by Crippen LogP contribution is -2.33. The molecule has 0 bridgehead atoms. The van der Waals surface area contributed by atoms with Crippen molar-refractivity contribution in [1.29, 1.82) is 0 Å². The summed E-state index contributed by atoms with van der Waals surface area (Å²) in [5, 5.41) is 19.4. The first-order valence-electron chi connectivity index (χ1n) is 7.04. The standard InChI is InChI=1S/C17H17NO3/c19-15-7-3-6-14(16(15)20)17(21)18-10-8-12-4-1-2-5-13(12)9-11-18/h1-7,19-20H,8-11H2. The van der Waals surface area contributed by atoms with E-state index >= 15 is 0 Å². The number of rotatable bonds is 1. The van der Waals surface area contributed by atoms with Gasteiger partial charge in [-0.1, -0.05) is 30.3 Å². The number of nitrogens with zero attached hydrogens (tertiary/aromatic N) is 1. The van der Waals surface area contributed by atoms with Crippen LogP contribution in [0.1, 0.15) is 21.5 Å². The molecule has 1 heterocycles. The molecule has 2 N–H and O–H groups in total. The molecular formula is C17H17NO3. The van der Waals surface area contributed by atoms with E-state index in [0.29, 0.717) is 13.1 Å². The molecule has 1 aliphatic rings. The minimum Gasteiger partial charge on any atom is -0.504 e. The molecule has 0 fully saturated rings. The van der Waals surface area contributed by atoms with Gasteiger partial charge in [-0.25, -0.2) is 0 Å². The largest absolute Gasteiger partial charge is 0.504 e. The van der Waals surface area contributed by atoms with E-state index in [0.717, 1.165) is 12.8 Å². The molecule has 4 heteroatoms. The minimum absolute atomic E-state index is 0.154. The molecule has 3 rings (SSSR count). The van der Waals surface area contributed by atoms with Gasteiger partial charge in [0.15, 0.2) is 11.5 Å². The van der Waals surface area contributed by atoms with Gasteiger partial charge in [-0.15, -0.1) is 0 Å². The Labute approximate surface area is 123 Å². The molecule has 1 amide bonds. The van der Waals surface area contributed by atoms with Crippen LogP contribution in [-0.4, -0.2) is 34.1 Å². The van der Waals surface area contributed by atoms with E-state index in [-0.39, 0.29) is 23.0 Å². The smallest absolute Gasteiger partial charge is 0.257 e. The minimum atomic E-state index is -0.343. The molecule has 0 atom stereocenters. The summed E-state index contributed by atoms with van der Waals surface area (Å²) in [5.74, 6) is -0.848. The molecule has 0 saturated carbocycles. The number of phenols is 2. The highest BCUT2D eigenvalue weighted by Gasteiger charge is 2.22. The molecule has 21 heavy (non-hydrogen) atoms. The van der Waals surface area contributed by atoms with E-state index in [1.54, 1.807) is 11.0 Å². The second-order valence-corrected chi connectivity index (χ2v) is 5.23. The van der Waals surface area contributed by atoms with Crippen molar-refractivity contribution in [2.24, 2.45) is 0 Å². The maximum Gasteiger partial charge on any atom is 0.257 e. The number of benzene rings is 2. The number of hydrogen-bond donors (Lipinski definition) is 2. The number of amides is 1. The summed E-state index contributed by atoms with van der Waals surface area (Å²) in [4.78, 5) is 14.3. The normalized spacial score (nSPS) is 14.4. The highest BCUT2D eigenvalue weighted by molar-refractivity contribution is 5.97. The number of fused-ring (bicyclic) bond motifs is 1. The third-order valence-corrected chi connectivity index (χ3v) is 3.95. The Kier molecular flexibility index (Phi) is 3.52. The first kappa shape index (κ1) is 13.5. The van der Waals surface area contributed by atoms with Gasteiger partial charge in [0, 0.05) is 13.1 Å². The third-order valence-electron chi connectivity index (χ3n) is 3.95. The van der Waals surface area contributed by atoms with Gasteiger partial charge in [0.25, 0.3) is 5.91 Å². The van der Waals surface area contributed by atoms with E-state index in [9.17, 15) is 15.0 Å². The van der Waals surface area contributed by atoms with Crippen molar-refractivity contribution in [3.8, 4) is 11.5 Å². The van der Waals surface area contributed by atoms with Crippen molar-refractivity contribution >= 4 is 5.91 Å². The number of hydrogen-bond acceptors (Lipinski definition) is 3. The van der Waals surface area contributed by atoms with Crippen molar-refractivity contribution in [2.45, 2.75) is 12.8 Å². The van der Waals surface area contributed by atoms with Crippen molar-refractivity contribution in [2.75, 3.05) is 13.1 Å². The molecule has 0 aromatic heterocycles. The fraction of sp³-hybridized carbons (Fsp3) is 0.235. The Morgan fingerprint density at radius 1 is 0.905 bits per heavy atom. The number of phenolic OH excluding ortho intramolecular Hbond substituents is 2. The van der Waals surface area contributed by atoms with Gasteiger partial charge < -0.3 is 15.1 Å². The van der Waals surface area contributed by atoms with E-state index < -0.39 is 0 Å². The monoisotopic (exact) mass is 283 g/mol. The summed E-state index contributed by atoms with van der Waals surface area (Å²) in [6, 6.07) is 12.7. The van der Waals surface area contributed by atoms with Crippen molar-refractivity contribution in [3.05, 3.63) is 59.2 Å². The Bertz CT molecular complexity index is 654. The van der Waals surface area contributed by atoms with Crippen LogP contribution >= 0.6 is 0 Å². The first-order chi connectivity index (χ1) is 10.2. The van der Waals surface area contributed by atoms with Crippen LogP contribution in [0.15, 0.2) is 42.5 Å². The van der Waals surface area contributed by atoms with Gasteiger partial charge in [0.05, 0.1) is 5.56 Å². The number of carbonyl (C=O) groups excluding carboxylic acids is 1. The molecule has 2 aromatic carbocycles. The molecule has 0 saturated heterocycles. The summed E-state index contributed by atoms with van der Waals surface area (Å²) in [6.07, 6.45) is 1.61. The van der Waals surface area contributed by atoms with E-state index in [1.165, 1.54) is 23.3 Å². The van der Waals surface area contributed by atoms with Crippen LogP contribution in [0.25, 0.3) is 0 Å². The van der Waals surface area contributed by atoms with Crippen molar-refractivity contribution < 1.29 is 15.0 Å². The fourth-order valence-electron chi connectivity index (χ4n) is 2.75. The predicted molar refractivity (Wildman–Crippen MR) is 79.5 cm³/mol. The molecule has 0 spiro atoms. The van der Waals surface area contributed by atoms with Crippen LogP contribution in [0.2, 0.25) is 0 Å². The zero-order valence-electron chi connectivity index (χ0n) is 11.6. The Balaban J connectivity index is 1.83. The van der Waals surface area contributed by atoms with Gasteiger partial charge in [0.1, 0.15) is 0 Å². The molecule has 108 valence electrons. The third kappa shape index (κ3) is 2.57. The fourth-order valence-corrected chi connectivity index (χ4v) is 2.75. The van der Waals surface area contributed by atoms with E-state index in [4.69, 9.17) is 0 Å². The molecule has 0 aliphatic carbocycles. The van der Waals surface area contributed by atoms with E-state index in [2.05, 4.69) is 12.1 Å². The lowest BCUT2D eigenvalue weighted by Gasteiger charge is -2.21. The lowest BCUT2D eigenvalue weighted by atomic mass is 10.0. The number of aromatic hydroxyl groups is 2. The maximum absolute atomic E-state index is 12.5. The van der Waals surface area contributed by atoms with Crippen molar-refractivity contribution in [3.63, 3.8) is 0 Å². The summed E-state index contributed by atoms with van der Waals surface area (Å²) >= 11 is 0. The van der Waals surface area contributed by atoms with Gasteiger partial charge in [-0.2, -0.15) is 0 Å². The van der Waals surface area contributed by atoms with Gasteiger partial charge in [-0.3, -0.25) is 4.79 Å². The lowest BCUT2D eigenvalue weighted by molar-refractivity contribution is 0.0759. The molecule has 1 aliphatic heterocycles. The zero-order valence-corrected chi connectivity index (χ0v) is 11.6. The predicted octanol–water partition coefficient (Wildman–Crippen LogP) is 2.34. The highest BCUT2D eigenvalue weighted by Crippen LogP contribution is 2.29. The Morgan fingerprint density at radius 3 is 2.14 bits per heavy atom. The highest BCUT2D eigenvalue weighted by atomic mass is 16.3. The summed E-state index contributed by atoms with van der Waals surface area (Å²) in [7, 11) is 0. The van der Waals surface area contributed by atoms with Crippen LogP contribution in [-0.2, 0) is 12.8 Å². The summed E-state index contributed by atoms with van der Waals surface area (Å²) in [6.45, 7) is 1.23. The van der Waals surface area contributed by atoms with Crippen molar-refractivity contribution in [1.82, 2.24) is 4.90 Å². The average molecular weight is 283 g/mol. The SMILES string of the molecule is O=C(c1cccc(O)c1O)N1CCc2ccccc2CC1.